The van der Waals surface area contributed by atoms with Crippen molar-refractivity contribution in [3.8, 4) is 0 Å². The summed E-state index contributed by atoms with van der Waals surface area (Å²) in [7, 11) is 0. The van der Waals surface area contributed by atoms with Crippen LogP contribution in [-0.4, -0.2) is 10.4 Å². The number of aryl methyl sites for hydroxylation is 1. The van der Waals surface area contributed by atoms with Crippen LogP contribution in [0.5, 0.6) is 0 Å². The molecule has 1 aromatic carbocycles. The molecule has 0 spiro atoms. The van der Waals surface area contributed by atoms with Gasteiger partial charge in [-0.05, 0) is 31.5 Å². The van der Waals surface area contributed by atoms with E-state index < -0.39 is 0 Å². The molecule has 2 rings (SSSR count). The summed E-state index contributed by atoms with van der Waals surface area (Å²) in [6.45, 7) is 4.00. The van der Waals surface area contributed by atoms with Crippen molar-refractivity contribution >= 4 is 16.9 Å². The number of carbonyl (C=O) groups excluding carboxylic acids is 1. The van der Waals surface area contributed by atoms with E-state index in [0.29, 0.717) is 18.5 Å². The molecule has 0 amide bonds. The molecule has 0 unspecified atom stereocenters. The molecule has 0 fully saturated rings. The standard InChI is InChI=1S/C12H13NO3/c1-3-13-10-7-9(6-8(2)14)4-5-11(10)16-12(13)15/h4-5,7H,3,6H2,1-2H3. The number of nitrogens with zero attached hydrogens (tertiary/aromatic N) is 1. The first-order chi connectivity index (χ1) is 7.61. The molecule has 0 bridgehead atoms. The van der Waals surface area contributed by atoms with Gasteiger partial charge in [-0.15, -0.1) is 0 Å². The summed E-state index contributed by atoms with van der Waals surface area (Å²) in [4.78, 5) is 22.4. The minimum atomic E-state index is -0.350. The van der Waals surface area contributed by atoms with Crippen molar-refractivity contribution < 1.29 is 9.21 Å². The van der Waals surface area contributed by atoms with Crippen molar-refractivity contribution in [2.24, 2.45) is 0 Å². The molecule has 4 nitrogen and oxygen atoms in total. The Morgan fingerprint density at radius 2 is 2.19 bits per heavy atom. The van der Waals surface area contributed by atoms with Crippen LogP contribution in [-0.2, 0) is 17.8 Å². The van der Waals surface area contributed by atoms with Gasteiger partial charge in [0.1, 0.15) is 5.78 Å². The van der Waals surface area contributed by atoms with E-state index in [2.05, 4.69) is 0 Å². The molecule has 0 aliphatic carbocycles. The first-order valence-electron chi connectivity index (χ1n) is 5.23. The lowest BCUT2D eigenvalue weighted by Gasteiger charge is -1.99. The zero-order valence-electron chi connectivity index (χ0n) is 9.32. The minimum Gasteiger partial charge on any atom is -0.408 e. The number of hydrogen-bond donors (Lipinski definition) is 0. The van der Waals surface area contributed by atoms with Crippen LogP contribution in [0.25, 0.3) is 11.1 Å². The third kappa shape index (κ3) is 1.78. The highest BCUT2D eigenvalue weighted by Gasteiger charge is 2.08. The van der Waals surface area contributed by atoms with Crippen LogP contribution >= 0.6 is 0 Å². The van der Waals surface area contributed by atoms with E-state index >= 15 is 0 Å². The van der Waals surface area contributed by atoms with Crippen molar-refractivity contribution in [3.05, 3.63) is 34.3 Å². The number of aromatic nitrogens is 1. The molecule has 1 aromatic heterocycles. The molecular formula is C12H13NO3. The van der Waals surface area contributed by atoms with E-state index in [1.807, 2.05) is 19.1 Å². The van der Waals surface area contributed by atoms with Crippen LogP contribution in [0.15, 0.2) is 27.4 Å². The Balaban J connectivity index is 2.59. The van der Waals surface area contributed by atoms with Gasteiger partial charge in [-0.25, -0.2) is 4.79 Å². The SMILES string of the molecule is CCn1c(=O)oc2ccc(CC(C)=O)cc21. The molecule has 2 aromatic rings. The van der Waals surface area contributed by atoms with Gasteiger partial charge < -0.3 is 4.42 Å². The molecule has 0 saturated heterocycles. The number of ketones is 1. The Hall–Kier alpha value is -1.84. The first kappa shape index (κ1) is 10.7. The second kappa shape index (κ2) is 3.96. The molecule has 0 radical (unpaired) electrons. The fourth-order valence-electron chi connectivity index (χ4n) is 1.80. The van der Waals surface area contributed by atoms with Crippen molar-refractivity contribution in [2.75, 3.05) is 0 Å². The van der Waals surface area contributed by atoms with E-state index in [4.69, 9.17) is 4.42 Å². The summed E-state index contributed by atoms with van der Waals surface area (Å²) < 4.78 is 6.63. The van der Waals surface area contributed by atoms with Crippen molar-refractivity contribution in [1.29, 1.82) is 0 Å². The zero-order valence-corrected chi connectivity index (χ0v) is 9.32. The monoisotopic (exact) mass is 219 g/mol. The lowest BCUT2D eigenvalue weighted by Crippen LogP contribution is -2.12. The Kier molecular flexibility index (Phi) is 2.64. The van der Waals surface area contributed by atoms with Gasteiger partial charge in [0, 0.05) is 13.0 Å². The third-order valence-electron chi connectivity index (χ3n) is 2.50. The van der Waals surface area contributed by atoms with Crippen molar-refractivity contribution in [3.63, 3.8) is 0 Å². The van der Waals surface area contributed by atoms with Crippen LogP contribution in [0.3, 0.4) is 0 Å². The molecule has 0 aliphatic heterocycles. The van der Waals surface area contributed by atoms with Crippen LogP contribution < -0.4 is 5.76 Å². The summed E-state index contributed by atoms with van der Waals surface area (Å²) in [5.41, 5.74) is 2.23. The molecule has 4 heteroatoms. The smallest absolute Gasteiger partial charge is 0.408 e. The van der Waals surface area contributed by atoms with Gasteiger partial charge in [-0.2, -0.15) is 0 Å². The number of carbonyl (C=O) groups is 1. The number of oxazole rings is 1. The first-order valence-corrected chi connectivity index (χ1v) is 5.23. The summed E-state index contributed by atoms with van der Waals surface area (Å²) >= 11 is 0. The number of benzene rings is 1. The van der Waals surface area contributed by atoms with E-state index in [1.165, 1.54) is 0 Å². The molecule has 0 atom stereocenters. The molecule has 0 saturated carbocycles. The van der Waals surface area contributed by atoms with Gasteiger partial charge >= 0.3 is 5.76 Å². The van der Waals surface area contributed by atoms with Gasteiger partial charge in [-0.3, -0.25) is 9.36 Å². The highest BCUT2D eigenvalue weighted by molar-refractivity contribution is 5.80. The Morgan fingerprint density at radius 3 is 2.81 bits per heavy atom. The zero-order chi connectivity index (χ0) is 11.7. The van der Waals surface area contributed by atoms with Crippen molar-refractivity contribution in [2.45, 2.75) is 26.8 Å². The highest BCUT2D eigenvalue weighted by atomic mass is 16.4. The molecule has 16 heavy (non-hydrogen) atoms. The third-order valence-corrected chi connectivity index (χ3v) is 2.50. The summed E-state index contributed by atoms with van der Waals surface area (Å²) in [5, 5.41) is 0. The predicted molar refractivity (Wildman–Crippen MR) is 60.5 cm³/mol. The van der Waals surface area contributed by atoms with Crippen LogP contribution in [0.4, 0.5) is 0 Å². The normalized spacial score (nSPS) is 10.9. The minimum absolute atomic E-state index is 0.105. The summed E-state index contributed by atoms with van der Waals surface area (Å²) in [6.07, 6.45) is 0.388. The van der Waals surface area contributed by atoms with E-state index in [1.54, 1.807) is 17.6 Å². The maximum atomic E-state index is 11.4. The van der Waals surface area contributed by atoms with E-state index in [0.717, 1.165) is 11.1 Å². The second-order valence-electron chi connectivity index (χ2n) is 3.79. The van der Waals surface area contributed by atoms with E-state index in [9.17, 15) is 9.59 Å². The molecule has 84 valence electrons. The van der Waals surface area contributed by atoms with Gasteiger partial charge in [0.05, 0.1) is 5.52 Å². The van der Waals surface area contributed by atoms with Crippen molar-refractivity contribution in [1.82, 2.24) is 4.57 Å². The van der Waals surface area contributed by atoms with Gasteiger partial charge in [0.15, 0.2) is 5.58 Å². The fraction of sp³-hybridized carbons (Fsp3) is 0.333. The predicted octanol–water partition coefficient (Wildman–Crippen LogP) is 1.75. The summed E-state index contributed by atoms with van der Waals surface area (Å²) in [6, 6.07) is 5.39. The van der Waals surface area contributed by atoms with E-state index in [-0.39, 0.29) is 11.5 Å². The Labute approximate surface area is 92.5 Å². The highest BCUT2D eigenvalue weighted by Crippen LogP contribution is 2.15. The average Bonchev–Trinajstić information content (AvgIpc) is 2.52. The number of rotatable bonds is 3. The van der Waals surface area contributed by atoms with Gasteiger partial charge in [-0.1, -0.05) is 6.07 Å². The maximum Gasteiger partial charge on any atom is 0.419 e. The molecule has 0 N–H and O–H groups in total. The lowest BCUT2D eigenvalue weighted by atomic mass is 10.1. The number of fused-ring (bicyclic) bond motifs is 1. The maximum absolute atomic E-state index is 11.4. The number of hydrogen-bond acceptors (Lipinski definition) is 3. The van der Waals surface area contributed by atoms with Crippen LogP contribution in [0.1, 0.15) is 19.4 Å². The molecule has 0 aliphatic rings. The largest absolute Gasteiger partial charge is 0.419 e. The molecule has 1 heterocycles. The van der Waals surface area contributed by atoms with Gasteiger partial charge in [0.25, 0.3) is 0 Å². The summed E-state index contributed by atoms with van der Waals surface area (Å²) in [5.74, 6) is -0.245. The average molecular weight is 219 g/mol. The fourth-order valence-corrected chi connectivity index (χ4v) is 1.80. The number of Topliss-reactive ketones (excluding diaryl/α,β-unsaturated/α-hetero) is 1. The Bertz CT molecular complexity index is 592. The van der Waals surface area contributed by atoms with Gasteiger partial charge in [0.2, 0.25) is 0 Å². The molecular weight excluding hydrogens is 206 g/mol. The van der Waals surface area contributed by atoms with Crippen LogP contribution in [0.2, 0.25) is 0 Å². The second-order valence-corrected chi connectivity index (χ2v) is 3.79. The quantitative estimate of drug-likeness (QED) is 0.790. The lowest BCUT2D eigenvalue weighted by molar-refractivity contribution is -0.116. The van der Waals surface area contributed by atoms with Crippen LogP contribution in [0, 0.1) is 0 Å². The topological polar surface area (TPSA) is 52.2 Å². The Morgan fingerprint density at radius 1 is 1.44 bits per heavy atom.